The van der Waals surface area contributed by atoms with Crippen molar-refractivity contribution in [2.75, 3.05) is 38.6 Å². The number of ether oxygens (including phenoxy) is 1. The van der Waals surface area contributed by atoms with Gasteiger partial charge in [-0.25, -0.2) is 4.79 Å². The van der Waals surface area contributed by atoms with E-state index in [-0.39, 0.29) is 19.1 Å². The molecule has 0 spiro atoms. The minimum Gasteiger partial charge on any atom is -0.484 e. The smallest absolute Gasteiger partial charge is 0.321 e. The molecule has 1 unspecified atom stereocenters. The van der Waals surface area contributed by atoms with Gasteiger partial charge < -0.3 is 25.0 Å². The van der Waals surface area contributed by atoms with Crippen molar-refractivity contribution in [3.05, 3.63) is 24.3 Å². The summed E-state index contributed by atoms with van der Waals surface area (Å²) in [5, 5.41) is 11.6. The molecular weight excluding hydrogens is 338 g/mol. The molecule has 0 aromatic heterocycles. The normalized spacial score (nSPS) is 11.4. The highest BCUT2D eigenvalue weighted by Crippen LogP contribution is 2.18. The van der Waals surface area contributed by atoms with Crippen molar-refractivity contribution in [3.8, 4) is 5.75 Å². The van der Waals surface area contributed by atoms with Crippen molar-refractivity contribution in [2.45, 2.75) is 20.8 Å². The van der Waals surface area contributed by atoms with Crippen LogP contribution in [0.3, 0.4) is 0 Å². The van der Waals surface area contributed by atoms with Crippen LogP contribution >= 0.6 is 0 Å². The Bertz CT molecular complexity index is 631. The lowest BCUT2D eigenvalue weighted by Crippen LogP contribution is -2.36. The molecule has 0 bridgehead atoms. The number of hydrogen-bond donors (Lipinski definition) is 2. The third-order valence-corrected chi connectivity index (χ3v) is 3.88. The largest absolute Gasteiger partial charge is 0.484 e. The van der Waals surface area contributed by atoms with Gasteiger partial charge in [-0.05, 0) is 26.0 Å². The third-order valence-electron chi connectivity index (χ3n) is 3.88. The van der Waals surface area contributed by atoms with Crippen LogP contribution in [0.25, 0.3) is 0 Å². The minimum absolute atomic E-state index is 0.0743. The number of carbonyl (C=O) groups is 3. The molecule has 1 aromatic carbocycles. The standard InChI is InChI=1S/C18H27N3O5/c1-5-21(6-2)16(22)12-26-15-9-7-8-14(10-15)19-18(25)20(4)11-13(3)17(23)24/h7-10,13H,5-6,11-12H2,1-4H3,(H,19,25)(H,23,24). The molecule has 0 fully saturated rings. The lowest BCUT2D eigenvalue weighted by molar-refractivity contribution is -0.141. The fourth-order valence-corrected chi connectivity index (χ4v) is 2.27. The van der Waals surface area contributed by atoms with Crippen LogP contribution in [0.15, 0.2) is 24.3 Å². The van der Waals surface area contributed by atoms with Crippen LogP contribution < -0.4 is 10.1 Å². The Hall–Kier alpha value is -2.77. The molecule has 0 heterocycles. The number of amides is 3. The third kappa shape index (κ3) is 6.62. The van der Waals surface area contributed by atoms with Crippen molar-refractivity contribution in [2.24, 2.45) is 5.92 Å². The van der Waals surface area contributed by atoms with Crippen LogP contribution in [0, 0.1) is 5.92 Å². The van der Waals surface area contributed by atoms with Crippen molar-refractivity contribution in [1.82, 2.24) is 9.80 Å². The summed E-state index contributed by atoms with van der Waals surface area (Å²) in [4.78, 5) is 37.9. The maximum atomic E-state index is 12.1. The number of nitrogens with one attached hydrogen (secondary N) is 1. The molecule has 8 nitrogen and oxygen atoms in total. The van der Waals surface area contributed by atoms with Crippen molar-refractivity contribution < 1.29 is 24.2 Å². The van der Waals surface area contributed by atoms with E-state index in [1.165, 1.54) is 18.9 Å². The summed E-state index contributed by atoms with van der Waals surface area (Å²) < 4.78 is 5.50. The van der Waals surface area contributed by atoms with E-state index in [4.69, 9.17) is 9.84 Å². The SMILES string of the molecule is CCN(CC)C(=O)COc1cccc(NC(=O)N(C)CC(C)C(=O)O)c1. The van der Waals surface area contributed by atoms with Crippen molar-refractivity contribution in [3.63, 3.8) is 0 Å². The first-order valence-electron chi connectivity index (χ1n) is 8.54. The van der Waals surface area contributed by atoms with Gasteiger partial charge in [-0.1, -0.05) is 13.0 Å². The zero-order chi connectivity index (χ0) is 19.7. The number of urea groups is 1. The number of likely N-dealkylation sites (N-methyl/N-ethyl adjacent to an activating group) is 1. The second-order valence-electron chi connectivity index (χ2n) is 5.93. The van der Waals surface area contributed by atoms with Crippen molar-refractivity contribution >= 4 is 23.6 Å². The lowest BCUT2D eigenvalue weighted by atomic mass is 10.2. The molecule has 0 aliphatic heterocycles. The summed E-state index contributed by atoms with van der Waals surface area (Å²) in [6.45, 7) is 6.60. The Labute approximate surface area is 153 Å². The molecule has 1 rings (SSSR count). The average Bonchev–Trinajstić information content (AvgIpc) is 2.61. The Morgan fingerprint density at radius 3 is 2.46 bits per heavy atom. The van der Waals surface area contributed by atoms with Crippen LogP contribution in [0.1, 0.15) is 20.8 Å². The molecule has 0 aliphatic rings. The lowest BCUT2D eigenvalue weighted by Gasteiger charge is -2.20. The maximum absolute atomic E-state index is 12.1. The number of rotatable bonds is 9. The van der Waals surface area contributed by atoms with Crippen LogP contribution in [-0.4, -0.2) is 66.1 Å². The molecule has 1 aromatic rings. The van der Waals surface area contributed by atoms with E-state index in [1.54, 1.807) is 29.2 Å². The quantitative estimate of drug-likeness (QED) is 0.698. The molecule has 0 saturated heterocycles. The number of carboxylic acids is 1. The first-order chi connectivity index (χ1) is 12.3. The highest BCUT2D eigenvalue weighted by molar-refractivity contribution is 5.89. The highest BCUT2D eigenvalue weighted by Gasteiger charge is 2.17. The fourth-order valence-electron chi connectivity index (χ4n) is 2.27. The Morgan fingerprint density at radius 2 is 1.88 bits per heavy atom. The molecule has 0 radical (unpaired) electrons. The summed E-state index contributed by atoms with van der Waals surface area (Å²) >= 11 is 0. The Morgan fingerprint density at radius 1 is 1.23 bits per heavy atom. The minimum atomic E-state index is -0.960. The molecule has 8 heteroatoms. The molecular formula is C18H27N3O5. The number of carboxylic acid groups (broad SMARTS) is 1. The second-order valence-corrected chi connectivity index (χ2v) is 5.93. The molecule has 144 valence electrons. The van der Waals surface area contributed by atoms with Gasteiger partial charge in [0.1, 0.15) is 5.75 Å². The first kappa shape index (κ1) is 21.3. The van der Waals surface area contributed by atoms with Crippen LogP contribution in [-0.2, 0) is 9.59 Å². The van der Waals surface area contributed by atoms with Crippen molar-refractivity contribution in [1.29, 1.82) is 0 Å². The number of nitrogens with zero attached hydrogens (tertiary/aromatic N) is 2. The zero-order valence-electron chi connectivity index (χ0n) is 15.7. The molecule has 0 aliphatic carbocycles. The fraction of sp³-hybridized carbons (Fsp3) is 0.500. The van der Waals surface area contributed by atoms with Gasteiger partial charge in [-0.3, -0.25) is 9.59 Å². The number of benzene rings is 1. The molecule has 2 N–H and O–H groups in total. The summed E-state index contributed by atoms with van der Waals surface area (Å²) in [5.41, 5.74) is 0.498. The maximum Gasteiger partial charge on any atom is 0.321 e. The van der Waals surface area contributed by atoms with Gasteiger partial charge in [0, 0.05) is 38.4 Å². The van der Waals surface area contributed by atoms with E-state index < -0.39 is 17.9 Å². The topological polar surface area (TPSA) is 99.2 Å². The van der Waals surface area contributed by atoms with Gasteiger partial charge in [-0.2, -0.15) is 0 Å². The molecule has 1 atom stereocenters. The van der Waals surface area contributed by atoms with Gasteiger partial charge in [0.2, 0.25) is 0 Å². The summed E-state index contributed by atoms with van der Waals surface area (Å²) in [6.07, 6.45) is 0. The van der Waals surface area contributed by atoms with E-state index >= 15 is 0 Å². The number of anilines is 1. The Kier molecular flexibility index (Phi) is 8.41. The van der Waals surface area contributed by atoms with E-state index in [2.05, 4.69) is 5.32 Å². The highest BCUT2D eigenvalue weighted by atomic mass is 16.5. The van der Waals surface area contributed by atoms with E-state index in [0.717, 1.165) is 0 Å². The van der Waals surface area contributed by atoms with Gasteiger partial charge >= 0.3 is 12.0 Å². The predicted octanol–water partition coefficient (Wildman–Crippen LogP) is 2.12. The van der Waals surface area contributed by atoms with E-state index in [9.17, 15) is 14.4 Å². The average molecular weight is 365 g/mol. The van der Waals surface area contributed by atoms with E-state index in [0.29, 0.717) is 24.5 Å². The summed E-state index contributed by atoms with van der Waals surface area (Å²) in [5.74, 6) is -1.26. The van der Waals surface area contributed by atoms with Gasteiger partial charge in [0.25, 0.3) is 5.91 Å². The van der Waals surface area contributed by atoms with Crippen LogP contribution in [0.2, 0.25) is 0 Å². The first-order valence-corrected chi connectivity index (χ1v) is 8.54. The van der Waals surface area contributed by atoms with Gasteiger partial charge in [0.15, 0.2) is 6.61 Å². The Balaban J connectivity index is 2.62. The van der Waals surface area contributed by atoms with Gasteiger partial charge in [0.05, 0.1) is 5.92 Å². The van der Waals surface area contributed by atoms with Crippen LogP contribution in [0.5, 0.6) is 5.75 Å². The monoisotopic (exact) mass is 365 g/mol. The number of aliphatic carboxylic acids is 1. The predicted molar refractivity (Wildman–Crippen MR) is 98.3 cm³/mol. The van der Waals surface area contributed by atoms with E-state index in [1.807, 2.05) is 13.8 Å². The number of hydrogen-bond acceptors (Lipinski definition) is 4. The molecule has 26 heavy (non-hydrogen) atoms. The van der Waals surface area contributed by atoms with Crippen LogP contribution in [0.4, 0.5) is 10.5 Å². The zero-order valence-corrected chi connectivity index (χ0v) is 15.7. The van der Waals surface area contributed by atoms with Gasteiger partial charge in [-0.15, -0.1) is 0 Å². The number of carbonyl (C=O) groups excluding carboxylic acids is 2. The summed E-state index contributed by atoms with van der Waals surface area (Å²) in [7, 11) is 1.53. The molecule has 0 saturated carbocycles. The summed E-state index contributed by atoms with van der Waals surface area (Å²) in [6, 6.07) is 6.27. The molecule has 3 amide bonds. The second kappa shape index (κ2) is 10.3.